The van der Waals surface area contributed by atoms with E-state index in [9.17, 15) is 9.90 Å². The highest BCUT2D eigenvalue weighted by molar-refractivity contribution is 5.77. The van der Waals surface area contributed by atoms with E-state index >= 15 is 0 Å². The van der Waals surface area contributed by atoms with Crippen LogP contribution in [0.2, 0.25) is 0 Å². The third kappa shape index (κ3) is 12.0. The molecule has 0 bridgehead atoms. The van der Waals surface area contributed by atoms with Gasteiger partial charge in [0.2, 0.25) is 5.91 Å². The molecule has 0 radical (unpaired) electrons. The Morgan fingerprint density at radius 3 is 1.59 bits per heavy atom. The second-order valence-electron chi connectivity index (χ2n) is 6.66. The number of hydrogen-bond acceptors (Lipinski definition) is 2. The third-order valence-electron chi connectivity index (χ3n) is 4.62. The average Bonchev–Trinajstić information content (AvgIpc) is 2.51. The summed E-state index contributed by atoms with van der Waals surface area (Å²) >= 11 is 0. The summed E-state index contributed by atoms with van der Waals surface area (Å²) in [6.07, 6.45) is 16.5. The molecule has 132 valence electrons. The minimum Gasteiger partial charge on any atom is -0.392 e. The zero-order valence-corrected chi connectivity index (χ0v) is 15.0. The Balaban J connectivity index is 3.37. The highest BCUT2D eigenvalue weighted by atomic mass is 16.3. The first kappa shape index (κ1) is 21.4. The quantitative estimate of drug-likeness (QED) is 0.396. The Morgan fingerprint density at radius 1 is 0.818 bits per heavy atom. The fraction of sp³-hybridized carbons (Fsp3) is 0.947. The second-order valence-corrected chi connectivity index (χ2v) is 6.66. The van der Waals surface area contributed by atoms with Crippen molar-refractivity contribution in [2.45, 2.75) is 110 Å². The molecule has 3 N–H and O–H groups in total. The van der Waals surface area contributed by atoms with Crippen LogP contribution in [-0.2, 0) is 4.79 Å². The van der Waals surface area contributed by atoms with Gasteiger partial charge in [0.1, 0.15) is 0 Å². The highest BCUT2D eigenvalue weighted by Gasteiger charge is 2.22. The Bertz CT molecular complexity index is 256. The molecular weight excluding hydrogens is 274 g/mol. The van der Waals surface area contributed by atoms with Gasteiger partial charge in [-0.15, -0.1) is 0 Å². The van der Waals surface area contributed by atoms with Crippen LogP contribution in [0, 0.1) is 5.92 Å². The Labute approximate surface area is 138 Å². The van der Waals surface area contributed by atoms with E-state index in [0.29, 0.717) is 6.42 Å². The number of aliphatic hydroxyl groups is 1. The van der Waals surface area contributed by atoms with Crippen LogP contribution in [0.25, 0.3) is 0 Å². The lowest BCUT2D eigenvalue weighted by Gasteiger charge is -2.18. The number of rotatable bonds is 16. The third-order valence-corrected chi connectivity index (χ3v) is 4.62. The molecule has 3 heteroatoms. The molecule has 1 amide bonds. The van der Waals surface area contributed by atoms with Crippen molar-refractivity contribution in [3.05, 3.63) is 0 Å². The van der Waals surface area contributed by atoms with E-state index in [1.807, 2.05) is 6.92 Å². The van der Waals surface area contributed by atoms with Crippen molar-refractivity contribution in [2.24, 2.45) is 11.7 Å². The summed E-state index contributed by atoms with van der Waals surface area (Å²) in [6, 6.07) is 0. The maximum atomic E-state index is 11.3. The minimum absolute atomic E-state index is 0.350. The van der Waals surface area contributed by atoms with Gasteiger partial charge in [-0.05, 0) is 12.8 Å². The number of amides is 1. The predicted octanol–water partition coefficient (Wildman–Crippen LogP) is 4.95. The van der Waals surface area contributed by atoms with Crippen LogP contribution in [0.3, 0.4) is 0 Å². The van der Waals surface area contributed by atoms with Crippen molar-refractivity contribution < 1.29 is 9.90 Å². The number of aliphatic hydroxyl groups excluding tert-OH is 1. The van der Waals surface area contributed by atoms with Crippen LogP contribution < -0.4 is 5.73 Å². The molecule has 0 saturated heterocycles. The summed E-state index contributed by atoms with van der Waals surface area (Å²) in [6.45, 7) is 4.15. The molecule has 2 atom stereocenters. The number of unbranched alkanes of at least 4 members (excludes halogenated alkanes) is 11. The van der Waals surface area contributed by atoms with E-state index in [1.165, 1.54) is 64.2 Å². The molecule has 0 rings (SSSR count). The zero-order valence-electron chi connectivity index (χ0n) is 15.0. The number of nitrogens with two attached hydrogens (primary N) is 1. The summed E-state index contributed by atoms with van der Waals surface area (Å²) in [4.78, 5) is 11.3. The standard InChI is InChI=1S/C19H39NO2/c1-3-5-6-7-8-9-10-11-12-13-14-15-16-17(19(20)22)18(21)4-2/h17-18,21H,3-16H2,1-2H3,(H2,20,22). The van der Waals surface area contributed by atoms with Crippen molar-refractivity contribution in [1.29, 1.82) is 0 Å². The van der Waals surface area contributed by atoms with E-state index in [0.717, 1.165) is 19.3 Å². The summed E-state index contributed by atoms with van der Waals surface area (Å²) in [5.41, 5.74) is 5.35. The first-order valence-corrected chi connectivity index (χ1v) is 9.60. The van der Waals surface area contributed by atoms with Gasteiger partial charge in [0, 0.05) is 0 Å². The highest BCUT2D eigenvalue weighted by Crippen LogP contribution is 2.17. The zero-order chi connectivity index (χ0) is 16.6. The normalized spacial score (nSPS) is 14.0. The molecular formula is C19H39NO2. The largest absolute Gasteiger partial charge is 0.392 e. The van der Waals surface area contributed by atoms with E-state index in [1.54, 1.807) is 0 Å². The lowest BCUT2D eigenvalue weighted by Crippen LogP contribution is -2.33. The van der Waals surface area contributed by atoms with Crippen LogP contribution in [0.4, 0.5) is 0 Å². The first-order chi connectivity index (χ1) is 10.6. The summed E-state index contributed by atoms with van der Waals surface area (Å²) in [5, 5.41) is 9.76. The molecule has 2 unspecified atom stereocenters. The lowest BCUT2D eigenvalue weighted by atomic mass is 9.93. The number of carbonyl (C=O) groups is 1. The Morgan fingerprint density at radius 2 is 1.23 bits per heavy atom. The van der Waals surface area contributed by atoms with Gasteiger partial charge < -0.3 is 10.8 Å². The van der Waals surface area contributed by atoms with Crippen LogP contribution in [0.5, 0.6) is 0 Å². The maximum absolute atomic E-state index is 11.3. The molecule has 0 aromatic carbocycles. The van der Waals surface area contributed by atoms with Gasteiger partial charge in [0.25, 0.3) is 0 Å². The first-order valence-electron chi connectivity index (χ1n) is 9.60. The summed E-state index contributed by atoms with van der Waals surface area (Å²) < 4.78 is 0. The SMILES string of the molecule is CCCCCCCCCCCCCCC(C(N)=O)C(O)CC. The van der Waals surface area contributed by atoms with Gasteiger partial charge in [0.05, 0.1) is 12.0 Å². The van der Waals surface area contributed by atoms with E-state index in [-0.39, 0.29) is 11.8 Å². The van der Waals surface area contributed by atoms with Gasteiger partial charge in [-0.3, -0.25) is 4.79 Å². The topological polar surface area (TPSA) is 63.3 Å². The molecule has 0 aliphatic heterocycles. The monoisotopic (exact) mass is 313 g/mol. The number of carbonyl (C=O) groups excluding carboxylic acids is 1. The Hall–Kier alpha value is -0.570. The molecule has 0 aliphatic carbocycles. The smallest absolute Gasteiger partial charge is 0.223 e. The fourth-order valence-corrected chi connectivity index (χ4v) is 3.01. The van der Waals surface area contributed by atoms with Gasteiger partial charge in [-0.1, -0.05) is 90.9 Å². The van der Waals surface area contributed by atoms with Gasteiger partial charge >= 0.3 is 0 Å². The van der Waals surface area contributed by atoms with E-state index in [4.69, 9.17) is 5.73 Å². The van der Waals surface area contributed by atoms with Crippen molar-refractivity contribution in [2.75, 3.05) is 0 Å². The van der Waals surface area contributed by atoms with Gasteiger partial charge in [-0.2, -0.15) is 0 Å². The number of hydrogen-bond donors (Lipinski definition) is 2. The molecule has 0 aliphatic rings. The molecule has 0 fully saturated rings. The minimum atomic E-state index is -0.565. The van der Waals surface area contributed by atoms with Crippen molar-refractivity contribution in [3.8, 4) is 0 Å². The second kappa shape index (κ2) is 15.3. The van der Waals surface area contributed by atoms with Crippen LogP contribution in [0.15, 0.2) is 0 Å². The molecule has 0 spiro atoms. The van der Waals surface area contributed by atoms with Crippen molar-refractivity contribution in [3.63, 3.8) is 0 Å². The lowest BCUT2D eigenvalue weighted by molar-refractivity contribution is -0.125. The van der Waals surface area contributed by atoms with Crippen LogP contribution >= 0.6 is 0 Å². The van der Waals surface area contributed by atoms with Crippen LogP contribution in [0.1, 0.15) is 104 Å². The molecule has 0 aromatic rings. The molecule has 3 nitrogen and oxygen atoms in total. The van der Waals surface area contributed by atoms with E-state index < -0.39 is 6.10 Å². The summed E-state index contributed by atoms with van der Waals surface area (Å²) in [7, 11) is 0. The van der Waals surface area contributed by atoms with Crippen LogP contribution in [-0.4, -0.2) is 17.1 Å². The summed E-state index contributed by atoms with van der Waals surface area (Å²) in [5.74, 6) is -0.703. The molecule has 0 aromatic heterocycles. The predicted molar refractivity (Wildman–Crippen MR) is 94.7 cm³/mol. The Kier molecular flexibility index (Phi) is 14.9. The molecule has 0 saturated carbocycles. The van der Waals surface area contributed by atoms with Crippen molar-refractivity contribution in [1.82, 2.24) is 0 Å². The molecule has 0 heterocycles. The fourth-order valence-electron chi connectivity index (χ4n) is 3.01. The van der Waals surface area contributed by atoms with Gasteiger partial charge in [-0.25, -0.2) is 0 Å². The van der Waals surface area contributed by atoms with E-state index in [2.05, 4.69) is 6.92 Å². The van der Waals surface area contributed by atoms with Gasteiger partial charge in [0.15, 0.2) is 0 Å². The molecule has 22 heavy (non-hydrogen) atoms. The average molecular weight is 314 g/mol. The maximum Gasteiger partial charge on any atom is 0.223 e. The van der Waals surface area contributed by atoms with Crippen molar-refractivity contribution >= 4 is 5.91 Å². The number of primary amides is 1.